The standard InChI is InChI=1S/C17H26N2O2/c1-10(2)21-14-7-5-13(6-8-14)16-15(17(18)20)11(3)9-12(4)19-16/h5-8,10-12,15-16,19H,9H2,1-4H3,(H2,18,20). The van der Waals surface area contributed by atoms with Gasteiger partial charge in [0.15, 0.2) is 0 Å². The number of nitrogens with two attached hydrogens (primary N) is 1. The van der Waals surface area contributed by atoms with Crippen molar-refractivity contribution in [3.05, 3.63) is 29.8 Å². The molecule has 1 amide bonds. The van der Waals surface area contributed by atoms with Gasteiger partial charge in [-0.2, -0.15) is 0 Å². The van der Waals surface area contributed by atoms with Crippen LogP contribution in [0.1, 0.15) is 45.7 Å². The minimum Gasteiger partial charge on any atom is -0.491 e. The number of ether oxygens (including phenoxy) is 1. The first kappa shape index (κ1) is 15.8. The van der Waals surface area contributed by atoms with Gasteiger partial charge in [-0.25, -0.2) is 0 Å². The Kier molecular flexibility index (Phi) is 4.88. The van der Waals surface area contributed by atoms with Gasteiger partial charge in [-0.3, -0.25) is 4.79 Å². The molecule has 1 aromatic carbocycles. The largest absolute Gasteiger partial charge is 0.491 e. The van der Waals surface area contributed by atoms with E-state index in [1.807, 2.05) is 38.1 Å². The number of benzene rings is 1. The molecule has 1 aromatic rings. The predicted octanol–water partition coefficient (Wildman–Crippen LogP) is 2.63. The van der Waals surface area contributed by atoms with Gasteiger partial charge < -0.3 is 15.8 Å². The monoisotopic (exact) mass is 290 g/mol. The number of rotatable bonds is 4. The molecule has 3 N–H and O–H groups in total. The van der Waals surface area contributed by atoms with Gasteiger partial charge in [0.25, 0.3) is 0 Å². The molecule has 4 nitrogen and oxygen atoms in total. The van der Waals surface area contributed by atoms with Crippen molar-refractivity contribution in [2.45, 2.75) is 52.3 Å². The molecule has 4 heteroatoms. The lowest BCUT2D eigenvalue weighted by molar-refractivity contribution is -0.125. The van der Waals surface area contributed by atoms with Crippen molar-refractivity contribution in [3.8, 4) is 5.75 Å². The number of primary amides is 1. The molecular formula is C17H26N2O2. The van der Waals surface area contributed by atoms with Gasteiger partial charge in [0.1, 0.15) is 5.75 Å². The zero-order chi connectivity index (χ0) is 15.6. The molecule has 1 saturated heterocycles. The second kappa shape index (κ2) is 6.48. The summed E-state index contributed by atoms with van der Waals surface area (Å²) in [6.45, 7) is 8.26. The Hall–Kier alpha value is -1.55. The maximum absolute atomic E-state index is 11.8. The summed E-state index contributed by atoms with van der Waals surface area (Å²) in [6.07, 6.45) is 1.13. The van der Waals surface area contributed by atoms with E-state index >= 15 is 0 Å². The fraction of sp³-hybridized carbons (Fsp3) is 0.588. The zero-order valence-corrected chi connectivity index (χ0v) is 13.3. The molecule has 116 valence electrons. The maximum Gasteiger partial charge on any atom is 0.222 e. The number of carbonyl (C=O) groups excluding carboxylic acids is 1. The highest BCUT2D eigenvalue weighted by molar-refractivity contribution is 5.78. The van der Waals surface area contributed by atoms with E-state index in [4.69, 9.17) is 10.5 Å². The fourth-order valence-electron chi connectivity index (χ4n) is 3.29. The topological polar surface area (TPSA) is 64.4 Å². The van der Waals surface area contributed by atoms with Crippen LogP contribution in [0.2, 0.25) is 0 Å². The van der Waals surface area contributed by atoms with E-state index < -0.39 is 0 Å². The predicted molar refractivity (Wildman–Crippen MR) is 84.0 cm³/mol. The molecule has 1 heterocycles. The van der Waals surface area contributed by atoms with Crippen LogP contribution >= 0.6 is 0 Å². The van der Waals surface area contributed by atoms with Crippen molar-refractivity contribution in [3.63, 3.8) is 0 Å². The Morgan fingerprint density at radius 2 is 1.90 bits per heavy atom. The average molecular weight is 290 g/mol. The molecule has 4 unspecified atom stereocenters. The summed E-state index contributed by atoms with van der Waals surface area (Å²) in [5.74, 6) is 0.740. The van der Waals surface area contributed by atoms with Gasteiger partial charge in [0.2, 0.25) is 5.91 Å². The lowest BCUT2D eigenvalue weighted by Crippen LogP contribution is -2.49. The van der Waals surface area contributed by atoms with Crippen molar-refractivity contribution >= 4 is 5.91 Å². The fourth-order valence-corrected chi connectivity index (χ4v) is 3.29. The third-order valence-corrected chi connectivity index (χ3v) is 4.10. The molecular weight excluding hydrogens is 264 g/mol. The number of hydrogen-bond acceptors (Lipinski definition) is 3. The summed E-state index contributed by atoms with van der Waals surface area (Å²) >= 11 is 0. The van der Waals surface area contributed by atoms with E-state index in [9.17, 15) is 4.79 Å². The van der Waals surface area contributed by atoms with E-state index in [-0.39, 0.29) is 29.9 Å². The normalized spacial score (nSPS) is 29.4. The van der Waals surface area contributed by atoms with Crippen LogP contribution in [-0.2, 0) is 4.79 Å². The SMILES string of the molecule is CC1CC(C)C(C(N)=O)C(c2ccc(OC(C)C)cc2)N1. The number of hydrogen-bond donors (Lipinski definition) is 2. The van der Waals surface area contributed by atoms with Crippen LogP contribution in [0, 0.1) is 11.8 Å². The Morgan fingerprint density at radius 1 is 1.29 bits per heavy atom. The van der Waals surface area contributed by atoms with Crippen LogP contribution in [0.15, 0.2) is 24.3 Å². The van der Waals surface area contributed by atoms with E-state index in [0.717, 1.165) is 17.7 Å². The molecule has 0 aromatic heterocycles. The average Bonchev–Trinajstić information content (AvgIpc) is 2.37. The van der Waals surface area contributed by atoms with Gasteiger partial charge in [-0.15, -0.1) is 0 Å². The van der Waals surface area contributed by atoms with Crippen LogP contribution < -0.4 is 15.8 Å². The molecule has 21 heavy (non-hydrogen) atoms. The summed E-state index contributed by atoms with van der Waals surface area (Å²) in [4.78, 5) is 11.8. The molecule has 0 saturated carbocycles. The highest BCUT2D eigenvalue weighted by atomic mass is 16.5. The minimum absolute atomic E-state index is 0.0191. The highest BCUT2D eigenvalue weighted by Crippen LogP contribution is 2.36. The Balaban J connectivity index is 2.22. The van der Waals surface area contributed by atoms with Gasteiger partial charge >= 0.3 is 0 Å². The second-order valence-electron chi connectivity index (χ2n) is 6.42. The first-order valence-electron chi connectivity index (χ1n) is 7.70. The molecule has 4 atom stereocenters. The maximum atomic E-state index is 11.8. The third-order valence-electron chi connectivity index (χ3n) is 4.10. The van der Waals surface area contributed by atoms with E-state index in [0.29, 0.717) is 6.04 Å². The van der Waals surface area contributed by atoms with Crippen molar-refractivity contribution in [2.24, 2.45) is 17.6 Å². The molecule has 0 spiro atoms. The van der Waals surface area contributed by atoms with Crippen molar-refractivity contribution in [1.82, 2.24) is 5.32 Å². The lowest BCUT2D eigenvalue weighted by atomic mass is 9.76. The van der Waals surface area contributed by atoms with Crippen LogP contribution in [0.5, 0.6) is 5.75 Å². The first-order valence-corrected chi connectivity index (χ1v) is 7.70. The summed E-state index contributed by atoms with van der Waals surface area (Å²) in [7, 11) is 0. The zero-order valence-electron chi connectivity index (χ0n) is 13.3. The summed E-state index contributed by atoms with van der Waals surface area (Å²) in [6, 6.07) is 8.33. The number of nitrogens with one attached hydrogen (secondary N) is 1. The Morgan fingerprint density at radius 3 is 2.43 bits per heavy atom. The van der Waals surface area contributed by atoms with Gasteiger partial charge in [-0.1, -0.05) is 19.1 Å². The van der Waals surface area contributed by atoms with E-state index in [2.05, 4.69) is 19.2 Å². The smallest absolute Gasteiger partial charge is 0.222 e. The van der Waals surface area contributed by atoms with Crippen LogP contribution in [0.3, 0.4) is 0 Å². The summed E-state index contributed by atoms with van der Waals surface area (Å²) in [5.41, 5.74) is 6.71. The lowest BCUT2D eigenvalue weighted by Gasteiger charge is -2.39. The van der Waals surface area contributed by atoms with Crippen LogP contribution in [0.4, 0.5) is 0 Å². The second-order valence-corrected chi connectivity index (χ2v) is 6.42. The van der Waals surface area contributed by atoms with Crippen LogP contribution in [-0.4, -0.2) is 18.1 Å². The number of carbonyl (C=O) groups is 1. The molecule has 1 aliphatic heterocycles. The quantitative estimate of drug-likeness (QED) is 0.896. The van der Waals surface area contributed by atoms with Crippen molar-refractivity contribution < 1.29 is 9.53 Å². The summed E-state index contributed by atoms with van der Waals surface area (Å²) in [5, 5.41) is 3.51. The van der Waals surface area contributed by atoms with Crippen LogP contribution in [0.25, 0.3) is 0 Å². The van der Waals surface area contributed by atoms with Gasteiger partial charge in [0, 0.05) is 12.1 Å². The molecule has 1 fully saturated rings. The van der Waals surface area contributed by atoms with Gasteiger partial charge in [0.05, 0.1) is 12.0 Å². The Labute approximate surface area is 127 Å². The minimum atomic E-state index is -0.227. The van der Waals surface area contributed by atoms with Crippen molar-refractivity contribution in [1.29, 1.82) is 0 Å². The molecule has 1 aliphatic rings. The van der Waals surface area contributed by atoms with Crippen molar-refractivity contribution in [2.75, 3.05) is 0 Å². The summed E-state index contributed by atoms with van der Waals surface area (Å²) < 4.78 is 5.66. The third kappa shape index (κ3) is 3.76. The Bertz CT molecular complexity index is 484. The molecule has 0 bridgehead atoms. The van der Waals surface area contributed by atoms with Gasteiger partial charge in [-0.05, 0) is 50.8 Å². The first-order chi connectivity index (χ1) is 9.88. The van der Waals surface area contributed by atoms with E-state index in [1.165, 1.54) is 0 Å². The molecule has 0 radical (unpaired) electrons. The number of amides is 1. The molecule has 2 rings (SSSR count). The molecule has 0 aliphatic carbocycles. The van der Waals surface area contributed by atoms with E-state index in [1.54, 1.807) is 0 Å². The highest BCUT2D eigenvalue weighted by Gasteiger charge is 2.37. The number of piperidine rings is 1.